The first-order valence-corrected chi connectivity index (χ1v) is 5.11. The number of piperidine rings is 1. The van der Waals surface area contributed by atoms with Crippen LogP contribution in [0.25, 0.3) is 0 Å². The second-order valence-electron chi connectivity index (χ2n) is 3.68. The number of nitrogens with zero attached hydrogens (tertiary/aromatic N) is 2. The first-order chi connectivity index (χ1) is 7.29. The van der Waals surface area contributed by atoms with E-state index < -0.39 is 12.0 Å². The van der Waals surface area contributed by atoms with Crippen LogP contribution in [-0.4, -0.2) is 28.6 Å². The summed E-state index contributed by atoms with van der Waals surface area (Å²) in [5.74, 6) is -0.757. The minimum Gasteiger partial charge on any atom is -0.480 e. The smallest absolute Gasteiger partial charge is 0.326 e. The van der Waals surface area contributed by atoms with Crippen molar-refractivity contribution >= 4 is 11.7 Å². The molecule has 1 N–H and O–H groups in total. The van der Waals surface area contributed by atoms with Crippen molar-refractivity contribution in [2.45, 2.75) is 25.3 Å². The molecule has 0 aromatic carbocycles. The predicted molar refractivity (Wildman–Crippen MR) is 55.7 cm³/mol. The predicted octanol–water partition coefficient (Wildman–Crippen LogP) is 1.33. The molecule has 4 nitrogen and oxygen atoms in total. The zero-order valence-corrected chi connectivity index (χ0v) is 8.39. The maximum absolute atomic E-state index is 11.1. The molecule has 0 spiro atoms. The van der Waals surface area contributed by atoms with Crippen molar-refractivity contribution in [3.8, 4) is 0 Å². The SMILES string of the molecule is O=C(O)C1CCCCN1c1[c]nccc1. The van der Waals surface area contributed by atoms with Crippen molar-refractivity contribution in [1.29, 1.82) is 0 Å². The molecule has 1 aliphatic rings. The molecule has 15 heavy (non-hydrogen) atoms. The summed E-state index contributed by atoms with van der Waals surface area (Å²) in [4.78, 5) is 16.8. The number of pyridine rings is 1. The van der Waals surface area contributed by atoms with Gasteiger partial charge in [-0.2, -0.15) is 0 Å². The van der Waals surface area contributed by atoms with Gasteiger partial charge < -0.3 is 10.0 Å². The summed E-state index contributed by atoms with van der Waals surface area (Å²) in [5, 5.41) is 9.09. The summed E-state index contributed by atoms with van der Waals surface area (Å²) >= 11 is 0. The van der Waals surface area contributed by atoms with E-state index in [1.54, 1.807) is 12.3 Å². The molecule has 1 aromatic heterocycles. The van der Waals surface area contributed by atoms with Crippen LogP contribution in [0.1, 0.15) is 19.3 Å². The number of rotatable bonds is 2. The average molecular weight is 205 g/mol. The maximum Gasteiger partial charge on any atom is 0.326 e. The summed E-state index contributed by atoms with van der Waals surface area (Å²) in [6.45, 7) is 0.777. The van der Waals surface area contributed by atoms with E-state index in [0.29, 0.717) is 6.42 Å². The lowest BCUT2D eigenvalue weighted by molar-refractivity contribution is -0.139. The highest BCUT2D eigenvalue weighted by atomic mass is 16.4. The Hall–Kier alpha value is -1.58. The van der Waals surface area contributed by atoms with Crippen LogP contribution in [-0.2, 0) is 4.79 Å². The third kappa shape index (κ3) is 2.09. The van der Waals surface area contributed by atoms with Crippen LogP contribution in [0.5, 0.6) is 0 Å². The van der Waals surface area contributed by atoms with Crippen molar-refractivity contribution in [2.75, 3.05) is 11.4 Å². The zero-order valence-electron chi connectivity index (χ0n) is 8.39. The Morgan fingerprint density at radius 2 is 2.47 bits per heavy atom. The topological polar surface area (TPSA) is 53.4 Å². The number of carboxylic acids is 1. The molecule has 1 aromatic rings. The van der Waals surface area contributed by atoms with Crippen molar-refractivity contribution in [3.63, 3.8) is 0 Å². The van der Waals surface area contributed by atoms with E-state index in [-0.39, 0.29) is 0 Å². The van der Waals surface area contributed by atoms with Gasteiger partial charge in [-0.25, -0.2) is 4.79 Å². The standard InChI is InChI=1S/C11H13N2O2/c14-11(15)10-5-1-2-7-13(10)9-4-3-6-12-8-9/h3-4,6,10H,1-2,5,7H2,(H,14,15). The number of aromatic nitrogens is 1. The van der Waals surface area contributed by atoms with Crippen LogP contribution < -0.4 is 4.90 Å². The van der Waals surface area contributed by atoms with Crippen LogP contribution in [0.4, 0.5) is 5.69 Å². The van der Waals surface area contributed by atoms with Crippen molar-refractivity contribution in [3.05, 3.63) is 24.5 Å². The third-order valence-corrected chi connectivity index (χ3v) is 2.69. The Bertz CT molecular complexity index is 340. The van der Waals surface area contributed by atoms with Gasteiger partial charge in [0.25, 0.3) is 0 Å². The minimum absolute atomic E-state index is 0.417. The molecule has 1 saturated heterocycles. The van der Waals surface area contributed by atoms with Gasteiger partial charge in [-0.1, -0.05) is 0 Å². The highest BCUT2D eigenvalue weighted by Crippen LogP contribution is 2.23. The lowest BCUT2D eigenvalue weighted by Crippen LogP contribution is -2.44. The van der Waals surface area contributed by atoms with E-state index in [0.717, 1.165) is 25.1 Å². The Balaban J connectivity index is 2.22. The molecule has 1 radical (unpaired) electrons. The summed E-state index contributed by atoms with van der Waals surface area (Å²) in [7, 11) is 0. The van der Waals surface area contributed by atoms with Crippen molar-refractivity contribution < 1.29 is 9.90 Å². The maximum atomic E-state index is 11.1. The van der Waals surface area contributed by atoms with Gasteiger partial charge in [0.05, 0.1) is 5.69 Å². The first-order valence-electron chi connectivity index (χ1n) is 5.11. The van der Waals surface area contributed by atoms with E-state index in [1.807, 2.05) is 11.0 Å². The van der Waals surface area contributed by atoms with E-state index >= 15 is 0 Å². The largest absolute Gasteiger partial charge is 0.480 e. The summed E-state index contributed by atoms with van der Waals surface area (Å²) in [6, 6.07) is 3.24. The number of anilines is 1. The fourth-order valence-corrected chi connectivity index (χ4v) is 1.95. The van der Waals surface area contributed by atoms with Gasteiger partial charge in [0.15, 0.2) is 0 Å². The number of hydrogen-bond donors (Lipinski definition) is 1. The van der Waals surface area contributed by atoms with Gasteiger partial charge in [-0.15, -0.1) is 0 Å². The highest BCUT2D eigenvalue weighted by molar-refractivity contribution is 5.78. The first kappa shape index (κ1) is 9.96. The number of carboxylic acid groups (broad SMARTS) is 1. The van der Waals surface area contributed by atoms with Gasteiger partial charge in [0.1, 0.15) is 12.2 Å². The van der Waals surface area contributed by atoms with Crippen LogP contribution in [0.2, 0.25) is 0 Å². The van der Waals surface area contributed by atoms with E-state index in [4.69, 9.17) is 5.11 Å². The highest BCUT2D eigenvalue weighted by Gasteiger charge is 2.28. The fraction of sp³-hybridized carbons (Fsp3) is 0.455. The molecule has 1 fully saturated rings. The molecular weight excluding hydrogens is 192 g/mol. The zero-order chi connectivity index (χ0) is 10.7. The fourth-order valence-electron chi connectivity index (χ4n) is 1.95. The Morgan fingerprint density at radius 3 is 3.13 bits per heavy atom. The van der Waals surface area contributed by atoms with E-state index in [9.17, 15) is 4.79 Å². The number of hydrogen-bond acceptors (Lipinski definition) is 3. The molecule has 1 unspecified atom stereocenters. The van der Waals surface area contributed by atoms with Gasteiger partial charge in [0.2, 0.25) is 0 Å². The van der Waals surface area contributed by atoms with Crippen molar-refractivity contribution in [2.24, 2.45) is 0 Å². The number of carbonyl (C=O) groups is 1. The quantitative estimate of drug-likeness (QED) is 0.791. The van der Waals surface area contributed by atoms with E-state index in [1.165, 1.54) is 0 Å². The van der Waals surface area contributed by atoms with Gasteiger partial charge in [-0.3, -0.25) is 4.98 Å². The summed E-state index contributed by atoms with van der Waals surface area (Å²) in [6.07, 6.45) is 7.20. The van der Waals surface area contributed by atoms with Gasteiger partial charge >= 0.3 is 5.97 Å². The van der Waals surface area contributed by atoms with Crippen LogP contribution in [0, 0.1) is 6.20 Å². The minimum atomic E-state index is -0.757. The lowest BCUT2D eigenvalue weighted by atomic mass is 10.0. The monoisotopic (exact) mass is 205 g/mol. The number of aliphatic carboxylic acids is 1. The normalized spacial score (nSPS) is 21.3. The Kier molecular flexibility index (Phi) is 2.85. The van der Waals surface area contributed by atoms with E-state index in [2.05, 4.69) is 11.2 Å². The van der Waals surface area contributed by atoms with Gasteiger partial charge in [0, 0.05) is 12.7 Å². The molecule has 79 valence electrons. The molecular formula is C11H13N2O2. The molecule has 0 saturated carbocycles. The van der Waals surface area contributed by atoms with Gasteiger partial charge in [-0.05, 0) is 31.4 Å². The van der Waals surface area contributed by atoms with Crippen LogP contribution in [0.3, 0.4) is 0 Å². The average Bonchev–Trinajstić information content (AvgIpc) is 2.30. The Morgan fingerprint density at radius 1 is 1.60 bits per heavy atom. The molecule has 2 heterocycles. The Labute approximate surface area is 88.6 Å². The summed E-state index contributed by atoms with van der Waals surface area (Å²) in [5.41, 5.74) is 0.782. The molecule has 0 amide bonds. The second-order valence-corrected chi connectivity index (χ2v) is 3.68. The van der Waals surface area contributed by atoms with Crippen LogP contribution in [0.15, 0.2) is 18.3 Å². The molecule has 1 atom stereocenters. The lowest BCUT2D eigenvalue weighted by Gasteiger charge is -2.34. The van der Waals surface area contributed by atoms with Crippen LogP contribution >= 0.6 is 0 Å². The third-order valence-electron chi connectivity index (χ3n) is 2.69. The molecule has 0 aliphatic carbocycles. The van der Waals surface area contributed by atoms with Crippen molar-refractivity contribution in [1.82, 2.24) is 4.98 Å². The summed E-state index contributed by atoms with van der Waals surface area (Å²) < 4.78 is 0. The molecule has 2 rings (SSSR count). The molecule has 1 aliphatic heterocycles. The second kappa shape index (κ2) is 4.29. The molecule has 4 heteroatoms. The molecule has 0 bridgehead atoms.